The van der Waals surface area contributed by atoms with Gasteiger partial charge < -0.3 is 4.90 Å². The fourth-order valence-electron chi connectivity index (χ4n) is 4.44. The van der Waals surface area contributed by atoms with Gasteiger partial charge in [0, 0.05) is 44.7 Å². The van der Waals surface area contributed by atoms with Gasteiger partial charge in [0.15, 0.2) is 5.69 Å². The first-order valence-corrected chi connectivity index (χ1v) is 10.2. The van der Waals surface area contributed by atoms with Crippen LogP contribution < -0.4 is 10.9 Å². The molecule has 0 radical (unpaired) electrons. The smallest absolute Gasteiger partial charge is 0.275 e. The number of benzene rings is 2. The van der Waals surface area contributed by atoms with Crippen LogP contribution in [0.1, 0.15) is 28.5 Å². The van der Waals surface area contributed by atoms with E-state index in [1.165, 1.54) is 5.56 Å². The van der Waals surface area contributed by atoms with E-state index in [0.717, 1.165) is 43.5 Å². The van der Waals surface area contributed by atoms with Crippen LogP contribution in [0.25, 0.3) is 10.9 Å². The van der Waals surface area contributed by atoms with Gasteiger partial charge in [-0.2, -0.15) is 5.10 Å². The Morgan fingerprint density at radius 3 is 2.48 bits per heavy atom. The zero-order chi connectivity index (χ0) is 19.8. The lowest BCUT2D eigenvalue weighted by Gasteiger charge is -2.37. The number of aromatic nitrogens is 2. The molecule has 3 heterocycles. The number of nitrogens with zero attached hydrogens (tertiary/aromatic N) is 4. The van der Waals surface area contributed by atoms with Crippen LogP contribution in [-0.2, 0) is 7.05 Å². The number of hydrogen-bond acceptors (Lipinski definition) is 5. The van der Waals surface area contributed by atoms with Gasteiger partial charge in [0.25, 0.3) is 5.91 Å². The van der Waals surface area contributed by atoms with Crippen LogP contribution in [0.2, 0.25) is 0 Å². The lowest BCUT2D eigenvalue weighted by molar-refractivity contribution is 0.0540. The molecule has 0 saturated carbocycles. The summed E-state index contributed by atoms with van der Waals surface area (Å²) in [4.78, 5) is 17.5. The number of para-hydroxylation sites is 1. The first-order valence-electron chi connectivity index (χ1n) is 10.2. The molecule has 3 aromatic rings. The molecule has 2 aliphatic heterocycles. The van der Waals surface area contributed by atoms with E-state index in [1.54, 1.807) is 4.68 Å². The van der Waals surface area contributed by atoms with Crippen molar-refractivity contribution in [2.24, 2.45) is 7.05 Å². The molecule has 2 unspecified atom stereocenters. The molecular weight excluding hydrogens is 364 g/mol. The molecule has 2 aliphatic rings. The predicted octanol–water partition coefficient (Wildman–Crippen LogP) is 1.90. The van der Waals surface area contributed by atoms with Crippen molar-refractivity contribution >= 4 is 16.8 Å². The van der Waals surface area contributed by atoms with Crippen molar-refractivity contribution in [3.63, 3.8) is 0 Å². The average molecular weight is 390 g/mol. The van der Waals surface area contributed by atoms with Gasteiger partial charge in [0.1, 0.15) is 0 Å². The van der Waals surface area contributed by atoms with E-state index in [9.17, 15) is 4.79 Å². The Kier molecular flexibility index (Phi) is 4.79. The highest BCUT2D eigenvalue weighted by molar-refractivity contribution is 6.04. The second-order valence-electron chi connectivity index (χ2n) is 7.82. The fourth-order valence-corrected chi connectivity index (χ4v) is 4.44. The molecule has 1 amide bonds. The van der Waals surface area contributed by atoms with Gasteiger partial charge in [-0.15, -0.1) is 0 Å². The van der Waals surface area contributed by atoms with E-state index in [-0.39, 0.29) is 12.1 Å². The molecule has 2 fully saturated rings. The Morgan fingerprint density at radius 1 is 0.966 bits per heavy atom. The maximum absolute atomic E-state index is 13.1. The number of carbonyl (C=O) groups is 1. The van der Waals surface area contributed by atoms with E-state index in [4.69, 9.17) is 0 Å². The third-order valence-electron chi connectivity index (χ3n) is 6.09. The summed E-state index contributed by atoms with van der Waals surface area (Å²) in [5, 5.41) is 5.42. The summed E-state index contributed by atoms with van der Waals surface area (Å²) in [6.07, 6.45) is 1.30. The molecule has 2 aromatic carbocycles. The number of nitrogens with one attached hydrogen (secondary N) is 2. The standard InChI is InChI=1S/C22H26N6O/c1-26-19-10-6-5-9-17(19)21(25-26)22(29)28-13-11-27(12-14-28)20-15-18(23-24-20)16-7-3-2-4-8-16/h2-10,18,20,23-24H,11-15H2,1H3. The topological polar surface area (TPSA) is 65.4 Å². The van der Waals surface area contributed by atoms with Crippen LogP contribution in [0.3, 0.4) is 0 Å². The van der Waals surface area contributed by atoms with Crippen LogP contribution in [0.5, 0.6) is 0 Å². The van der Waals surface area contributed by atoms with Gasteiger partial charge in [-0.05, 0) is 18.1 Å². The van der Waals surface area contributed by atoms with Crippen molar-refractivity contribution in [1.29, 1.82) is 0 Å². The third-order valence-corrected chi connectivity index (χ3v) is 6.09. The van der Waals surface area contributed by atoms with Gasteiger partial charge >= 0.3 is 0 Å². The fraction of sp³-hybridized carbons (Fsp3) is 0.364. The normalized spacial score (nSPS) is 23.0. The van der Waals surface area contributed by atoms with Crippen molar-refractivity contribution in [3.8, 4) is 0 Å². The molecule has 5 rings (SSSR count). The Hall–Kier alpha value is -2.74. The highest BCUT2D eigenvalue weighted by atomic mass is 16.2. The molecule has 150 valence electrons. The Balaban J connectivity index is 1.22. The van der Waals surface area contributed by atoms with Crippen LogP contribution >= 0.6 is 0 Å². The van der Waals surface area contributed by atoms with E-state index < -0.39 is 0 Å². The summed E-state index contributed by atoms with van der Waals surface area (Å²) in [7, 11) is 1.89. The zero-order valence-corrected chi connectivity index (χ0v) is 16.6. The minimum absolute atomic E-state index is 0.0288. The predicted molar refractivity (Wildman–Crippen MR) is 112 cm³/mol. The number of hydrazine groups is 1. The van der Waals surface area contributed by atoms with Crippen molar-refractivity contribution in [2.75, 3.05) is 26.2 Å². The lowest BCUT2D eigenvalue weighted by atomic mass is 10.0. The second-order valence-corrected chi connectivity index (χ2v) is 7.82. The quantitative estimate of drug-likeness (QED) is 0.715. The van der Waals surface area contributed by atoms with Crippen molar-refractivity contribution in [2.45, 2.75) is 18.6 Å². The summed E-state index contributed by atoms with van der Waals surface area (Å²) in [5.74, 6) is 0.0288. The number of hydrogen-bond donors (Lipinski definition) is 2. The molecular formula is C22H26N6O. The highest BCUT2D eigenvalue weighted by Crippen LogP contribution is 2.25. The number of fused-ring (bicyclic) bond motifs is 1. The summed E-state index contributed by atoms with van der Waals surface area (Å²) < 4.78 is 1.79. The van der Waals surface area contributed by atoms with E-state index in [2.05, 4.69) is 45.1 Å². The maximum Gasteiger partial charge on any atom is 0.275 e. The Bertz CT molecular complexity index is 1010. The molecule has 7 nitrogen and oxygen atoms in total. The molecule has 0 aliphatic carbocycles. The van der Waals surface area contributed by atoms with Crippen molar-refractivity contribution in [1.82, 2.24) is 30.4 Å². The Labute approximate surface area is 170 Å². The van der Waals surface area contributed by atoms with E-state index in [0.29, 0.717) is 11.7 Å². The molecule has 7 heteroatoms. The summed E-state index contributed by atoms with van der Waals surface area (Å²) in [5.41, 5.74) is 9.70. The number of piperazine rings is 1. The maximum atomic E-state index is 13.1. The summed E-state index contributed by atoms with van der Waals surface area (Å²) >= 11 is 0. The van der Waals surface area contributed by atoms with Crippen LogP contribution in [0, 0.1) is 0 Å². The van der Waals surface area contributed by atoms with Crippen molar-refractivity contribution in [3.05, 3.63) is 65.9 Å². The Morgan fingerprint density at radius 2 is 1.69 bits per heavy atom. The van der Waals surface area contributed by atoms with Crippen molar-refractivity contribution < 1.29 is 4.79 Å². The minimum atomic E-state index is 0.0288. The van der Waals surface area contributed by atoms with Crippen LogP contribution in [-0.4, -0.2) is 57.8 Å². The van der Waals surface area contributed by atoms with Gasteiger partial charge in [-0.25, -0.2) is 10.9 Å². The van der Waals surface area contributed by atoms with Gasteiger partial charge in [-0.1, -0.05) is 48.5 Å². The SMILES string of the molecule is Cn1nc(C(=O)N2CCN(C3CC(c4ccccc4)NN3)CC2)c2ccccc21. The number of aryl methyl sites for hydroxylation is 1. The minimum Gasteiger partial charge on any atom is -0.335 e. The second kappa shape index (κ2) is 7.59. The molecule has 0 bridgehead atoms. The molecule has 2 N–H and O–H groups in total. The molecule has 29 heavy (non-hydrogen) atoms. The molecule has 2 atom stereocenters. The molecule has 2 saturated heterocycles. The van der Waals surface area contributed by atoms with Gasteiger partial charge in [-0.3, -0.25) is 14.4 Å². The lowest BCUT2D eigenvalue weighted by Crippen LogP contribution is -2.55. The molecule has 1 aromatic heterocycles. The number of rotatable bonds is 3. The summed E-state index contributed by atoms with van der Waals surface area (Å²) in [6.45, 7) is 3.16. The average Bonchev–Trinajstić information content (AvgIpc) is 3.40. The van der Waals surface area contributed by atoms with Crippen LogP contribution in [0.15, 0.2) is 54.6 Å². The molecule has 0 spiro atoms. The zero-order valence-electron chi connectivity index (χ0n) is 16.6. The van der Waals surface area contributed by atoms with Gasteiger partial charge in [0.2, 0.25) is 0 Å². The largest absolute Gasteiger partial charge is 0.335 e. The summed E-state index contributed by atoms with van der Waals surface area (Å²) in [6, 6.07) is 18.8. The first-order chi connectivity index (χ1) is 14.2. The van der Waals surface area contributed by atoms with Crippen LogP contribution in [0.4, 0.5) is 0 Å². The monoisotopic (exact) mass is 390 g/mol. The first kappa shape index (κ1) is 18.3. The van der Waals surface area contributed by atoms with Gasteiger partial charge in [0.05, 0.1) is 11.7 Å². The van der Waals surface area contributed by atoms with E-state index in [1.807, 2.05) is 42.3 Å². The highest BCUT2D eigenvalue weighted by Gasteiger charge is 2.33. The number of carbonyl (C=O) groups excluding carboxylic acids is 1. The number of amides is 1. The van der Waals surface area contributed by atoms with E-state index >= 15 is 0 Å². The third kappa shape index (κ3) is 3.42.